The van der Waals surface area contributed by atoms with Crippen LogP contribution in [0.15, 0.2) is 0 Å². The van der Waals surface area contributed by atoms with Crippen LogP contribution in [0.4, 0.5) is 0 Å². The van der Waals surface area contributed by atoms with E-state index in [1.807, 2.05) is 0 Å². The molecule has 0 saturated heterocycles. The smallest absolute Gasteiger partial charge is 0.326 e. The van der Waals surface area contributed by atoms with Crippen LogP contribution >= 0.6 is 0 Å². The maximum atomic E-state index is 13.2. The van der Waals surface area contributed by atoms with E-state index in [2.05, 4.69) is 21.3 Å². The summed E-state index contributed by atoms with van der Waals surface area (Å²) in [6, 6.07) is -6.55. The summed E-state index contributed by atoms with van der Waals surface area (Å²) in [5.41, 5.74) is 22.2. The summed E-state index contributed by atoms with van der Waals surface area (Å²) in [6.45, 7) is 3.83. The van der Waals surface area contributed by atoms with E-state index in [1.165, 1.54) is 13.8 Å². The van der Waals surface area contributed by atoms with E-state index in [1.54, 1.807) is 0 Å². The minimum Gasteiger partial charge on any atom is -0.481 e. The van der Waals surface area contributed by atoms with E-state index < -0.39 is 96.9 Å². The molecule has 0 heterocycles. The zero-order chi connectivity index (χ0) is 33.1. The predicted molar refractivity (Wildman–Crippen MR) is 155 cm³/mol. The first-order valence-electron chi connectivity index (χ1n) is 14.2. The second kappa shape index (κ2) is 21.0. The van der Waals surface area contributed by atoms with Crippen molar-refractivity contribution >= 4 is 41.5 Å². The number of amides is 5. The average Bonchev–Trinajstić information content (AvgIpc) is 2.91. The summed E-state index contributed by atoms with van der Waals surface area (Å²) in [7, 11) is 0. The van der Waals surface area contributed by atoms with Gasteiger partial charge in [0.2, 0.25) is 29.5 Å². The Morgan fingerprint density at radius 1 is 0.651 bits per heavy atom. The van der Waals surface area contributed by atoms with Crippen molar-refractivity contribution in [3.05, 3.63) is 0 Å². The number of aliphatic carboxylic acids is 2. The van der Waals surface area contributed by atoms with Crippen molar-refractivity contribution in [1.82, 2.24) is 21.3 Å². The van der Waals surface area contributed by atoms with Gasteiger partial charge in [0.05, 0.1) is 12.5 Å². The highest BCUT2D eigenvalue weighted by Crippen LogP contribution is 2.08. The molecule has 0 saturated carbocycles. The van der Waals surface area contributed by atoms with Gasteiger partial charge in [-0.15, -0.1) is 0 Å². The number of carbonyl (C=O) groups excluding carboxylic acids is 5. The topological polar surface area (TPSA) is 312 Å². The number of unbranched alkanes of at least 4 members (excludes halogenated alkanes) is 2. The maximum Gasteiger partial charge on any atom is 0.326 e. The number of carbonyl (C=O) groups is 7. The molecule has 0 aliphatic rings. The summed E-state index contributed by atoms with van der Waals surface area (Å²) < 4.78 is 0. The minimum absolute atomic E-state index is 0.130. The highest BCUT2D eigenvalue weighted by molar-refractivity contribution is 5.97. The summed E-state index contributed by atoms with van der Waals surface area (Å²) in [4.78, 5) is 86.4. The van der Waals surface area contributed by atoms with Gasteiger partial charge in [-0.1, -0.05) is 20.3 Å². The van der Waals surface area contributed by atoms with Crippen LogP contribution in [0.2, 0.25) is 0 Å². The van der Waals surface area contributed by atoms with Crippen molar-refractivity contribution in [2.75, 3.05) is 13.1 Å². The van der Waals surface area contributed by atoms with Crippen molar-refractivity contribution in [1.29, 1.82) is 0 Å². The summed E-state index contributed by atoms with van der Waals surface area (Å²) in [6.07, 6.45) is 0.985. The molecule has 17 heteroatoms. The average molecular weight is 617 g/mol. The molecule has 43 heavy (non-hydrogen) atoms. The SMILES string of the molecule is CC(C)[C@H](NC(=O)[C@H](CCC(=O)O)NC(=O)[C@H](CC(N)=O)NC(=O)[C@H](CCCCN)NC(=O)[C@@H](N)CCCCN)C(=O)O. The van der Waals surface area contributed by atoms with Crippen LogP contribution < -0.4 is 44.2 Å². The second-order valence-electron chi connectivity index (χ2n) is 10.5. The summed E-state index contributed by atoms with van der Waals surface area (Å²) >= 11 is 0. The van der Waals surface area contributed by atoms with Crippen LogP contribution in [0.5, 0.6) is 0 Å². The number of carboxylic acid groups (broad SMARTS) is 2. The largest absolute Gasteiger partial charge is 0.481 e. The maximum absolute atomic E-state index is 13.2. The van der Waals surface area contributed by atoms with E-state index in [0.29, 0.717) is 45.2 Å². The Kier molecular flexibility index (Phi) is 19.1. The van der Waals surface area contributed by atoms with Crippen LogP contribution in [0.3, 0.4) is 0 Å². The van der Waals surface area contributed by atoms with Gasteiger partial charge in [-0.2, -0.15) is 0 Å². The van der Waals surface area contributed by atoms with E-state index in [-0.39, 0.29) is 6.42 Å². The Labute approximate surface area is 250 Å². The Morgan fingerprint density at radius 3 is 1.60 bits per heavy atom. The molecular weight excluding hydrogens is 568 g/mol. The lowest BCUT2D eigenvalue weighted by Gasteiger charge is -2.26. The second-order valence-corrected chi connectivity index (χ2v) is 10.5. The molecule has 0 aromatic rings. The number of hydrogen-bond acceptors (Lipinski definition) is 10. The molecule has 0 aliphatic carbocycles. The van der Waals surface area contributed by atoms with Gasteiger partial charge in [-0.05, 0) is 57.5 Å². The van der Waals surface area contributed by atoms with Gasteiger partial charge in [-0.3, -0.25) is 28.8 Å². The summed E-state index contributed by atoms with van der Waals surface area (Å²) in [5, 5.41) is 27.9. The van der Waals surface area contributed by atoms with E-state index in [9.17, 15) is 38.7 Å². The van der Waals surface area contributed by atoms with Gasteiger partial charge in [0.1, 0.15) is 24.2 Å². The van der Waals surface area contributed by atoms with E-state index >= 15 is 0 Å². The van der Waals surface area contributed by atoms with E-state index in [4.69, 9.17) is 28.0 Å². The molecule has 0 aromatic heterocycles. The van der Waals surface area contributed by atoms with Crippen molar-refractivity contribution in [2.45, 2.75) is 102 Å². The van der Waals surface area contributed by atoms with Gasteiger partial charge in [0.15, 0.2) is 0 Å². The monoisotopic (exact) mass is 616 g/mol. The zero-order valence-corrected chi connectivity index (χ0v) is 24.8. The normalized spacial score (nSPS) is 14.5. The number of carboxylic acids is 2. The Balaban J connectivity index is 5.88. The van der Waals surface area contributed by atoms with Crippen LogP contribution in [0, 0.1) is 5.92 Å². The van der Waals surface area contributed by atoms with Gasteiger partial charge in [-0.25, -0.2) is 4.79 Å². The number of hydrogen-bond donors (Lipinski definition) is 10. The number of primary amides is 1. The fourth-order valence-corrected chi connectivity index (χ4v) is 3.94. The van der Waals surface area contributed by atoms with Crippen LogP contribution in [0.25, 0.3) is 0 Å². The predicted octanol–water partition coefficient (Wildman–Crippen LogP) is -3.01. The number of nitrogens with two attached hydrogens (primary N) is 4. The molecule has 14 N–H and O–H groups in total. The highest BCUT2D eigenvalue weighted by atomic mass is 16.4. The lowest BCUT2D eigenvalue weighted by Crippen LogP contribution is -2.59. The highest BCUT2D eigenvalue weighted by Gasteiger charge is 2.33. The third-order valence-electron chi connectivity index (χ3n) is 6.43. The molecule has 0 rings (SSSR count). The molecule has 246 valence electrons. The van der Waals surface area contributed by atoms with Gasteiger partial charge in [0.25, 0.3) is 0 Å². The summed E-state index contributed by atoms with van der Waals surface area (Å²) in [5.74, 6) is -7.63. The zero-order valence-electron chi connectivity index (χ0n) is 24.8. The first kappa shape index (κ1) is 39.2. The molecule has 5 atom stereocenters. The van der Waals surface area contributed by atoms with Crippen molar-refractivity contribution in [2.24, 2.45) is 28.9 Å². The number of rotatable bonds is 23. The molecular formula is C26H48N8O9. The fraction of sp³-hybridized carbons (Fsp3) is 0.731. The Morgan fingerprint density at radius 2 is 1.12 bits per heavy atom. The Bertz CT molecular complexity index is 963. The van der Waals surface area contributed by atoms with Gasteiger partial charge >= 0.3 is 11.9 Å². The van der Waals surface area contributed by atoms with Crippen LogP contribution in [-0.2, 0) is 33.6 Å². The standard InChI is InChI=1S/C26H48N8O9/c1-14(2)21(26(42)43)34-24(40)17(9-10-20(36)37)32-25(41)18(13-19(30)35)33-23(39)16(8-4-6-12-28)31-22(38)15(29)7-3-5-11-27/h14-18,21H,3-13,27-29H2,1-2H3,(H2,30,35)(H,31,38)(H,32,41)(H,33,39)(H,34,40)(H,36,37)(H,42,43)/t15-,16-,17-,18-,21-/m0/s1. The fourth-order valence-electron chi connectivity index (χ4n) is 3.94. The molecule has 0 aromatic carbocycles. The quantitative estimate of drug-likeness (QED) is 0.0513. The molecule has 0 aliphatic heterocycles. The first-order valence-corrected chi connectivity index (χ1v) is 14.2. The molecule has 17 nitrogen and oxygen atoms in total. The minimum atomic E-state index is -1.61. The lowest BCUT2D eigenvalue weighted by atomic mass is 10.0. The van der Waals surface area contributed by atoms with Crippen molar-refractivity contribution in [3.8, 4) is 0 Å². The Hall–Kier alpha value is -3.83. The van der Waals surface area contributed by atoms with E-state index in [0.717, 1.165) is 0 Å². The first-order chi connectivity index (χ1) is 20.1. The molecule has 0 radical (unpaired) electrons. The van der Waals surface area contributed by atoms with Gasteiger partial charge < -0.3 is 54.4 Å². The molecule has 5 amide bonds. The van der Waals surface area contributed by atoms with Crippen LogP contribution in [0.1, 0.15) is 71.6 Å². The number of nitrogens with one attached hydrogen (secondary N) is 4. The van der Waals surface area contributed by atoms with Gasteiger partial charge in [0, 0.05) is 6.42 Å². The van der Waals surface area contributed by atoms with Crippen LogP contribution in [-0.4, -0.2) is 95.0 Å². The molecule has 0 fully saturated rings. The molecule has 0 unspecified atom stereocenters. The van der Waals surface area contributed by atoms with Crippen molar-refractivity contribution in [3.63, 3.8) is 0 Å². The third-order valence-corrected chi connectivity index (χ3v) is 6.43. The molecule has 0 spiro atoms. The third kappa shape index (κ3) is 16.4. The molecule has 0 bridgehead atoms. The van der Waals surface area contributed by atoms with Crippen molar-refractivity contribution < 1.29 is 43.8 Å². The lowest BCUT2D eigenvalue weighted by molar-refractivity contribution is -0.144.